The van der Waals surface area contributed by atoms with Gasteiger partial charge in [-0.3, -0.25) is 4.98 Å². The van der Waals surface area contributed by atoms with E-state index in [-0.39, 0.29) is 40.2 Å². The first-order valence-electron chi connectivity index (χ1n) is 32.7. The minimum Gasteiger partial charge on any atom is -0.741 e. The average Bonchev–Trinajstić information content (AvgIpc) is 1.62. The fraction of sp³-hybridized carbons (Fsp3) is 0.103. The zero-order valence-electron chi connectivity index (χ0n) is 58.4. The van der Waals surface area contributed by atoms with Gasteiger partial charge in [0, 0.05) is 73.1 Å². The van der Waals surface area contributed by atoms with Gasteiger partial charge in [-0.2, -0.15) is 13.2 Å². The van der Waals surface area contributed by atoms with E-state index in [4.69, 9.17) is 32.0 Å². The number of hydrogen-bond acceptors (Lipinski definition) is 13. The number of nitrogens with zero attached hydrogens (tertiary/aromatic N) is 6. The number of rotatable bonds is 8. The third kappa shape index (κ3) is 24.4. The Morgan fingerprint density at radius 3 is 1.03 bits per heavy atom. The Morgan fingerprint density at radius 2 is 0.679 bits per heavy atom. The van der Waals surface area contributed by atoms with E-state index in [2.05, 4.69) is 149 Å². The van der Waals surface area contributed by atoms with E-state index in [0.29, 0.717) is 11.8 Å². The van der Waals surface area contributed by atoms with Crippen molar-refractivity contribution < 1.29 is 85.4 Å². The molecule has 16 rings (SSSR count). The second-order valence-electron chi connectivity index (χ2n) is 22.6. The number of aliphatic hydroxyl groups is 2. The van der Waals surface area contributed by atoms with Crippen molar-refractivity contribution in [3.8, 4) is 67.5 Å². The Bertz CT molecular complexity index is 4670. The van der Waals surface area contributed by atoms with Crippen LogP contribution in [0.1, 0.15) is 50.7 Å². The van der Waals surface area contributed by atoms with Gasteiger partial charge in [0.15, 0.2) is 10.1 Å². The van der Waals surface area contributed by atoms with E-state index in [1.54, 1.807) is 24.8 Å². The maximum Gasteiger partial charge on any atom is 3.00 e. The molecule has 0 fully saturated rings. The van der Waals surface area contributed by atoms with Crippen LogP contribution in [0, 0.1) is 30.3 Å². The van der Waals surface area contributed by atoms with Crippen LogP contribution >= 0.6 is 0 Å². The molecule has 0 atom stereocenters. The molecule has 8 heterocycles. The second-order valence-corrected chi connectivity index (χ2v) is 24.0. The van der Waals surface area contributed by atoms with Gasteiger partial charge in [-0.05, 0) is 107 Å². The molecule has 8 aromatic heterocycles. The predicted molar refractivity (Wildman–Crippen MR) is 407 cm³/mol. The van der Waals surface area contributed by atoms with Gasteiger partial charge in [-0.25, -0.2) is 8.42 Å². The van der Waals surface area contributed by atoms with Gasteiger partial charge in [0.25, 0.3) is 0 Å². The molecule has 0 amide bonds. The molecular weight excluding hydrogens is 1710 g/mol. The van der Waals surface area contributed by atoms with Crippen LogP contribution in [0.4, 0.5) is 13.2 Å². The summed E-state index contributed by atoms with van der Waals surface area (Å²) in [5, 5.41) is 18.5. The zero-order valence-corrected chi connectivity index (χ0v) is 64.0. The van der Waals surface area contributed by atoms with E-state index in [0.717, 1.165) is 126 Å². The van der Waals surface area contributed by atoms with E-state index >= 15 is 0 Å². The molecule has 0 radical (unpaired) electrons. The monoisotopic (exact) mass is 1790 g/mol. The third-order valence-corrected chi connectivity index (χ3v) is 15.6. The Balaban J connectivity index is 0.000000196. The molecule has 0 bridgehead atoms. The van der Waals surface area contributed by atoms with Gasteiger partial charge in [0.2, 0.25) is 0 Å². The number of alkyl halides is 3. The van der Waals surface area contributed by atoms with Crippen molar-refractivity contribution in [1.82, 2.24) is 29.9 Å². The molecule has 13 nitrogen and oxygen atoms in total. The molecule has 0 saturated heterocycles. The van der Waals surface area contributed by atoms with Gasteiger partial charge >= 0.3 is 45.7 Å². The maximum atomic E-state index is 10.7. The van der Waals surface area contributed by atoms with Crippen LogP contribution in [-0.2, 0) is 50.3 Å². The van der Waals surface area contributed by atoms with Crippen LogP contribution in [0.25, 0.3) is 111 Å². The molecule has 0 aliphatic rings. The number of fused-ring (bicyclic) bond motifs is 6. The summed E-state index contributed by atoms with van der Waals surface area (Å²) >= 11 is 0. The van der Waals surface area contributed by atoms with E-state index in [1.807, 2.05) is 225 Å². The number of hydrogen-bond donors (Lipinski definition) is 2. The van der Waals surface area contributed by atoms with Crippen molar-refractivity contribution in [2.75, 3.05) is 14.2 Å². The third-order valence-electron chi connectivity index (χ3n) is 15.1. The quantitative estimate of drug-likeness (QED) is 0.0827. The largest absolute Gasteiger partial charge is 3.00 e. The van der Waals surface area contributed by atoms with Crippen molar-refractivity contribution in [1.29, 1.82) is 0 Å². The summed E-state index contributed by atoms with van der Waals surface area (Å²) in [5.74, 6) is 0.952. The summed E-state index contributed by atoms with van der Waals surface area (Å²) in [6.07, 6.45) is 10.9. The predicted octanol–water partition coefficient (Wildman–Crippen LogP) is 20.8. The summed E-state index contributed by atoms with van der Waals surface area (Å²) < 4.78 is 71.1. The molecule has 538 valence electrons. The first-order valence-corrected chi connectivity index (χ1v) is 34.1. The van der Waals surface area contributed by atoms with Gasteiger partial charge in [0.1, 0.15) is 16.7 Å². The number of aromatic nitrogens is 6. The molecule has 0 unspecified atom stereocenters. The molecule has 2 N–H and O–H groups in total. The minimum atomic E-state index is -6.09. The van der Waals surface area contributed by atoms with Crippen LogP contribution in [0.15, 0.2) is 319 Å². The van der Waals surface area contributed by atoms with Crippen molar-refractivity contribution in [3.63, 3.8) is 0 Å². The topological polar surface area (TPSA) is 201 Å². The zero-order chi connectivity index (χ0) is 74.1. The normalized spacial score (nSPS) is 10.4. The van der Waals surface area contributed by atoms with Crippen LogP contribution in [-0.4, -0.2) is 72.8 Å². The van der Waals surface area contributed by atoms with Crippen LogP contribution in [0.3, 0.4) is 0 Å². The van der Waals surface area contributed by atoms with Gasteiger partial charge in [-0.15, -0.1) is 162 Å². The Labute approximate surface area is 643 Å². The Hall–Kier alpha value is -10.8. The van der Waals surface area contributed by atoms with Crippen molar-refractivity contribution in [2.24, 2.45) is 0 Å². The molecule has 0 aliphatic carbocycles. The van der Waals surface area contributed by atoms with Gasteiger partial charge in [0.05, 0.1) is 11.3 Å². The molecule has 16 aromatic rings. The van der Waals surface area contributed by atoms with Gasteiger partial charge in [-0.1, -0.05) is 147 Å². The first kappa shape index (κ1) is 84.1. The number of benzene rings is 8. The second kappa shape index (κ2) is 43.5. The summed E-state index contributed by atoms with van der Waals surface area (Å²) in [6, 6.07) is 106. The smallest absolute Gasteiger partial charge is 0.741 e. The van der Waals surface area contributed by atoms with E-state index in [1.165, 1.54) is 11.1 Å². The number of halogens is 3. The molecule has 0 saturated carbocycles. The maximum absolute atomic E-state index is 10.7. The standard InChI is InChI=1S/C20H17NO.C20H16NO.4C11H8N.CHF3O3S.2CH4O.2Ir/c2*1-13(2)14-10-11-21-18(12-14)17-8-5-7-16-15-6-3-4-9-19(15)22-20(16)17;4*1-2-6-10(7-3-1)11-8-4-5-9-12-11;2-1(3,4)8(5,6)7;2*1-2;;/h3-13H,1-2H3;3-7,9-13H,1-2H3;4*1-6,8-9H;(H,5,6,7);2*2H,1H3;;/q;5*-1;;;;2*+3/p-1. The van der Waals surface area contributed by atoms with Crippen molar-refractivity contribution in [2.45, 2.75) is 45.0 Å². The SMILES string of the molecule is CC(C)c1ccnc(-c2[c-]ccc3c2oc2ccccc23)c1.CC(C)c1ccnc(-c2cccc3c2oc2ccccc23)c1.CO.CO.O=S(=O)([O-])C(F)(F)F.[Ir+3].[Ir+3].[c-]1ccccc1-c1ccccn1.[c-]1ccccc1-c1ccccn1.[c-]1ccccc1-c1ccccn1.[c-]1ccccc1-c1ccccn1. The summed E-state index contributed by atoms with van der Waals surface area (Å²) in [6.45, 7) is 8.76. The van der Waals surface area contributed by atoms with Crippen LogP contribution in [0.5, 0.6) is 0 Å². The molecule has 0 spiro atoms. The fourth-order valence-electron chi connectivity index (χ4n) is 10.0. The number of para-hydroxylation sites is 3. The molecule has 0 aliphatic heterocycles. The first-order chi connectivity index (χ1) is 50.6. The van der Waals surface area contributed by atoms with E-state index < -0.39 is 15.6 Å². The Morgan fingerprint density at radius 1 is 0.358 bits per heavy atom. The Kier molecular flexibility index (Phi) is 34.5. The minimum absolute atomic E-state index is 0. The molecule has 19 heteroatoms. The number of aliphatic hydroxyl groups excluding tert-OH is 2. The molecule has 8 aromatic carbocycles. The average molecular weight is 1790 g/mol. The van der Waals surface area contributed by atoms with Crippen molar-refractivity contribution >= 4 is 54.0 Å². The summed E-state index contributed by atoms with van der Waals surface area (Å²) in [4.78, 5) is 25.9. The number of furan rings is 2. The van der Waals surface area contributed by atoms with Crippen molar-refractivity contribution in [3.05, 3.63) is 352 Å². The van der Waals surface area contributed by atoms with E-state index in [9.17, 15) is 13.2 Å². The van der Waals surface area contributed by atoms with Crippen LogP contribution in [0.2, 0.25) is 0 Å². The fourth-order valence-corrected chi connectivity index (χ4v) is 10.0. The molecular formula is C87H73F3Ir2N6O7S. The van der Waals surface area contributed by atoms with Gasteiger partial charge < -0.3 is 48.5 Å². The molecule has 106 heavy (non-hydrogen) atoms. The summed E-state index contributed by atoms with van der Waals surface area (Å²) in [7, 11) is -4.09. The number of pyridine rings is 6. The van der Waals surface area contributed by atoms with Crippen LogP contribution < -0.4 is 0 Å². The summed E-state index contributed by atoms with van der Waals surface area (Å²) in [5.41, 5.74) is 12.4.